The van der Waals surface area contributed by atoms with Crippen molar-refractivity contribution in [3.8, 4) is 5.75 Å². The molecule has 0 aromatic heterocycles. The zero-order valence-electron chi connectivity index (χ0n) is 10.9. The molecule has 0 aliphatic heterocycles. The Morgan fingerprint density at radius 1 is 1.05 bits per heavy atom. The number of hydrogen-bond acceptors (Lipinski definition) is 2. The second-order valence-corrected chi connectivity index (χ2v) is 4.72. The topological polar surface area (TPSA) is 61.4 Å². The van der Waals surface area contributed by atoms with E-state index in [0.29, 0.717) is 0 Å². The second kappa shape index (κ2) is 6.15. The van der Waals surface area contributed by atoms with Crippen molar-refractivity contribution in [2.24, 2.45) is 0 Å². The van der Waals surface area contributed by atoms with Gasteiger partial charge in [0.15, 0.2) is 0 Å². The van der Waals surface area contributed by atoms with Gasteiger partial charge in [0.05, 0.1) is 16.9 Å². The Balaban J connectivity index is 2.18. The molecule has 4 nitrogen and oxygen atoms in total. The van der Waals surface area contributed by atoms with Gasteiger partial charge in [0.2, 0.25) is 0 Å². The fraction of sp³-hybridized carbons (Fsp3) is 0.0714. The predicted octanol–water partition coefficient (Wildman–Crippen LogP) is 4.71. The molecule has 0 saturated carbocycles. The largest absolute Gasteiger partial charge is 0.506 e. The number of alkyl halides is 3. The number of carbonyl (C=O) groups is 1. The Morgan fingerprint density at radius 2 is 1.68 bits per heavy atom. The van der Waals surface area contributed by atoms with Crippen molar-refractivity contribution in [1.29, 1.82) is 0 Å². The van der Waals surface area contributed by atoms with Crippen LogP contribution in [0.5, 0.6) is 5.75 Å². The third-order valence-electron chi connectivity index (χ3n) is 2.69. The number of para-hydroxylation sites is 1. The van der Waals surface area contributed by atoms with Crippen molar-refractivity contribution in [2.75, 3.05) is 10.6 Å². The lowest BCUT2D eigenvalue weighted by Gasteiger charge is -2.14. The number of halogens is 4. The van der Waals surface area contributed by atoms with Crippen LogP contribution in [-0.2, 0) is 6.18 Å². The number of urea groups is 1. The van der Waals surface area contributed by atoms with E-state index in [4.69, 9.17) is 11.6 Å². The molecule has 2 rings (SSSR count). The average Bonchev–Trinajstić information content (AvgIpc) is 2.42. The van der Waals surface area contributed by atoms with Gasteiger partial charge in [0.25, 0.3) is 0 Å². The van der Waals surface area contributed by atoms with Crippen LogP contribution in [0, 0.1) is 0 Å². The maximum Gasteiger partial charge on any atom is 0.418 e. The molecule has 3 N–H and O–H groups in total. The minimum atomic E-state index is -4.60. The quantitative estimate of drug-likeness (QED) is 0.698. The summed E-state index contributed by atoms with van der Waals surface area (Å²) in [7, 11) is 0. The van der Waals surface area contributed by atoms with Crippen LogP contribution in [0.25, 0.3) is 0 Å². The van der Waals surface area contributed by atoms with Crippen LogP contribution in [-0.4, -0.2) is 11.1 Å². The number of phenols is 1. The number of nitrogens with one attached hydrogen (secondary N) is 2. The average molecular weight is 331 g/mol. The monoisotopic (exact) mass is 330 g/mol. The van der Waals surface area contributed by atoms with E-state index in [2.05, 4.69) is 10.6 Å². The number of hydrogen-bond donors (Lipinski definition) is 3. The van der Waals surface area contributed by atoms with E-state index >= 15 is 0 Å². The zero-order chi connectivity index (χ0) is 16.3. The summed E-state index contributed by atoms with van der Waals surface area (Å²) in [5, 5.41) is 14.1. The summed E-state index contributed by atoms with van der Waals surface area (Å²) < 4.78 is 38.4. The first-order chi connectivity index (χ1) is 10.3. The van der Waals surface area contributed by atoms with E-state index in [1.165, 1.54) is 30.3 Å². The second-order valence-electron chi connectivity index (χ2n) is 4.28. The first kappa shape index (κ1) is 16.0. The van der Waals surface area contributed by atoms with E-state index in [9.17, 15) is 23.1 Å². The Labute approximate surface area is 128 Å². The van der Waals surface area contributed by atoms with Crippen molar-refractivity contribution < 1.29 is 23.1 Å². The highest BCUT2D eigenvalue weighted by Gasteiger charge is 2.33. The number of phenolic OH excluding ortho intramolecular Hbond substituents is 1. The van der Waals surface area contributed by atoms with Gasteiger partial charge in [-0.2, -0.15) is 13.2 Å². The standard InChI is InChI=1S/C14H10ClF3N2O2/c15-8-5-6-12(21)11(7-8)20-13(22)19-10-4-2-1-3-9(10)14(16,17)18/h1-7,21H,(H2,19,20,22). The molecular weight excluding hydrogens is 321 g/mol. The number of benzene rings is 2. The molecule has 0 aliphatic carbocycles. The van der Waals surface area contributed by atoms with Crippen molar-refractivity contribution in [3.63, 3.8) is 0 Å². The third kappa shape index (κ3) is 3.82. The SMILES string of the molecule is O=C(Nc1cc(Cl)ccc1O)Nc1ccccc1C(F)(F)F. The predicted molar refractivity (Wildman–Crippen MR) is 77.2 cm³/mol. The number of carbonyl (C=O) groups excluding carboxylic acids is 1. The summed E-state index contributed by atoms with van der Waals surface area (Å²) in [6.07, 6.45) is -4.60. The fourth-order valence-electron chi connectivity index (χ4n) is 1.72. The smallest absolute Gasteiger partial charge is 0.418 e. The summed E-state index contributed by atoms with van der Waals surface area (Å²) in [6.45, 7) is 0. The van der Waals surface area contributed by atoms with Crippen LogP contribution >= 0.6 is 11.6 Å². The van der Waals surface area contributed by atoms with Crippen molar-refractivity contribution in [2.45, 2.75) is 6.18 Å². The van der Waals surface area contributed by atoms with Crippen molar-refractivity contribution in [1.82, 2.24) is 0 Å². The molecule has 0 bridgehead atoms. The molecule has 2 aromatic carbocycles. The van der Waals surface area contributed by atoms with Crippen molar-refractivity contribution in [3.05, 3.63) is 53.1 Å². The molecule has 0 heterocycles. The highest BCUT2D eigenvalue weighted by Crippen LogP contribution is 2.34. The number of anilines is 2. The van der Waals surface area contributed by atoms with Gasteiger partial charge in [-0.15, -0.1) is 0 Å². The highest BCUT2D eigenvalue weighted by atomic mass is 35.5. The Hall–Kier alpha value is -2.41. The molecule has 8 heteroatoms. The Bertz CT molecular complexity index is 705. The third-order valence-corrected chi connectivity index (χ3v) is 2.92. The van der Waals surface area contributed by atoms with E-state index in [0.717, 1.165) is 12.1 Å². The summed E-state index contributed by atoms with van der Waals surface area (Å²) in [4.78, 5) is 11.8. The van der Waals surface area contributed by atoms with Gasteiger partial charge in [-0.3, -0.25) is 0 Å². The van der Waals surface area contributed by atoms with Crippen molar-refractivity contribution >= 4 is 29.0 Å². The van der Waals surface area contributed by atoms with Crippen LogP contribution in [0.3, 0.4) is 0 Å². The van der Waals surface area contributed by atoms with Gasteiger partial charge in [-0.1, -0.05) is 23.7 Å². The zero-order valence-corrected chi connectivity index (χ0v) is 11.7. The van der Waals surface area contributed by atoms with E-state index in [1.807, 2.05) is 0 Å². The molecule has 0 aliphatic rings. The lowest BCUT2D eigenvalue weighted by atomic mass is 10.1. The first-order valence-electron chi connectivity index (χ1n) is 6.00. The molecule has 116 valence electrons. The molecule has 0 saturated heterocycles. The highest BCUT2D eigenvalue weighted by molar-refractivity contribution is 6.31. The molecule has 0 radical (unpaired) electrons. The molecule has 2 aromatic rings. The Morgan fingerprint density at radius 3 is 2.36 bits per heavy atom. The van der Waals surface area contributed by atoms with E-state index < -0.39 is 23.5 Å². The number of rotatable bonds is 2. The van der Waals surface area contributed by atoms with E-state index in [1.54, 1.807) is 0 Å². The molecule has 2 amide bonds. The van der Waals surface area contributed by atoms with Crippen LogP contribution in [0.1, 0.15) is 5.56 Å². The fourth-order valence-corrected chi connectivity index (χ4v) is 1.90. The maximum atomic E-state index is 12.8. The van der Waals surface area contributed by atoms with Crippen LogP contribution in [0.4, 0.5) is 29.3 Å². The van der Waals surface area contributed by atoms with Crippen LogP contribution in [0.15, 0.2) is 42.5 Å². The minimum Gasteiger partial charge on any atom is -0.506 e. The molecule has 22 heavy (non-hydrogen) atoms. The van der Waals surface area contributed by atoms with Crippen LogP contribution in [0.2, 0.25) is 5.02 Å². The van der Waals surface area contributed by atoms with Gasteiger partial charge < -0.3 is 15.7 Å². The van der Waals surface area contributed by atoms with Gasteiger partial charge >= 0.3 is 12.2 Å². The normalized spacial score (nSPS) is 11.1. The summed E-state index contributed by atoms with van der Waals surface area (Å²) in [6, 6.07) is 7.55. The molecule has 0 unspecified atom stereocenters. The van der Waals surface area contributed by atoms with Gasteiger partial charge in [0.1, 0.15) is 5.75 Å². The van der Waals surface area contributed by atoms with Gasteiger partial charge in [-0.25, -0.2) is 4.79 Å². The maximum absolute atomic E-state index is 12.8. The minimum absolute atomic E-state index is 0.0190. The molecule has 0 atom stereocenters. The van der Waals surface area contributed by atoms with Gasteiger partial charge in [0, 0.05) is 5.02 Å². The Kier molecular flexibility index (Phi) is 4.46. The molecular formula is C14H10ClF3N2O2. The summed E-state index contributed by atoms with van der Waals surface area (Å²) >= 11 is 5.71. The van der Waals surface area contributed by atoms with Crippen LogP contribution < -0.4 is 10.6 Å². The number of aromatic hydroxyl groups is 1. The first-order valence-corrected chi connectivity index (χ1v) is 6.38. The lowest BCUT2D eigenvalue weighted by Crippen LogP contribution is -2.21. The lowest BCUT2D eigenvalue weighted by molar-refractivity contribution is -0.136. The van der Waals surface area contributed by atoms with E-state index in [-0.39, 0.29) is 16.5 Å². The molecule has 0 fully saturated rings. The molecule has 0 spiro atoms. The summed E-state index contributed by atoms with van der Waals surface area (Å²) in [5.74, 6) is -0.261. The summed E-state index contributed by atoms with van der Waals surface area (Å²) in [5.41, 5.74) is -1.39. The number of amides is 2. The van der Waals surface area contributed by atoms with Gasteiger partial charge in [-0.05, 0) is 30.3 Å².